The third kappa shape index (κ3) is 3.62. The van der Waals surface area contributed by atoms with Gasteiger partial charge in [-0.3, -0.25) is 9.88 Å². The van der Waals surface area contributed by atoms with Gasteiger partial charge in [-0.05, 0) is 63.9 Å². The molecule has 3 heteroatoms. The number of hydrogen-bond donors (Lipinski definition) is 1. The average molecular weight is 310 g/mol. The van der Waals surface area contributed by atoms with Gasteiger partial charge in [0.25, 0.3) is 0 Å². The minimum atomic E-state index is -0.868. The second kappa shape index (κ2) is 6.42. The summed E-state index contributed by atoms with van der Waals surface area (Å²) in [6, 6.07) is 11.3. The summed E-state index contributed by atoms with van der Waals surface area (Å²) in [4.78, 5) is 6.83. The fourth-order valence-electron chi connectivity index (χ4n) is 3.23. The number of rotatable bonds is 4. The van der Waals surface area contributed by atoms with Gasteiger partial charge in [-0.15, -0.1) is 0 Å². The van der Waals surface area contributed by atoms with Gasteiger partial charge in [-0.2, -0.15) is 0 Å². The van der Waals surface area contributed by atoms with E-state index in [0.717, 1.165) is 16.7 Å². The lowest BCUT2D eigenvalue weighted by Crippen LogP contribution is -2.23. The van der Waals surface area contributed by atoms with Crippen molar-refractivity contribution in [2.24, 2.45) is 0 Å². The molecule has 3 rings (SSSR count). The van der Waals surface area contributed by atoms with Crippen molar-refractivity contribution in [3.8, 4) is 11.1 Å². The maximum atomic E-state index is 10.2. The van der Waals surface area contributed by atoms with Crippen LogP contribution in [0.25, 0.3) is 11.1 Å². The van der Waals surface area contributed by atoms with Crippen LogP contribution >= 0.6 is 0 Å². The highest BCUT2D eigenvalue weighted by Gasteiger charge is 2.20. The molecule has 2 heterocycles. The average Bonchev–Trinajstić information content (AvgIpc) is 3.08. The number of pyridine rings is 1. The largest absolute Gasteiger partial charge is 0.386 e. The molecule has 1 aromatic heterocycles. The minimum absolute atomic E-state index is 0.479. The van der Waals surface area contributed by atoms with E-state index in [-0.39, 0.29) is 0 Å². The van der Waals surface area contributed by atoms with Crippen molar-refractivity contribution in [3.63, 3.8) is 0 Å². The molecule has 0 aliphatic carbocycles. The first-order valence-corrected chi connectivity index (χ1v) is 8.47. The summed E-state index contributed by atoms with van der Waals surface area (Å²) < 4.78 is 0. The van der Waals surface area contributed by atoms with E-state index in [4.69, 9.17) is 0 Å². The van der Waals surface area contributed by atoms with Crippen LogP contribution in [0.4, 0.5) is 0 Å². The van der Waals surface area contributed by atoms with Crippen LogP contribution in [0.5, 0.6) is 0 Å². The van der Waals surface area contributed by atoms with Crippen LogP contribution in [0.15, 0.2) is 42.7 Å². The SMILES string of the molecule is C[C@H](c1ccc(-c2cncc(C(C)(C)O)c2)cc1)N1CCCC1. The monoisotopic (exact) mass is 310 g/mol. The molecule has 1 aliphatic rings. The molecule has 23 heavy (non-hydrogen) atoms. The first-order chi connectivity index (χ1) is 10.9. The Bertz CT molecular complexity index is 652. The van der Waals surface area contributed by atoms with Crippen LogP contribution in [0, 0.1) is 0 Å². The summed E-state index contributed by atoms with van der Waals surface area (Å²) in [5, 5.41) is 10.2. The molecule has 0 saturated carbocycles. The lowest BCUT2D eigenvalue weighted by atomic mass is 9.96. The Balaban J connectivity index is 1.82. The van der Waals surface area contributed by atoms with Crippen LogP contribution in [-0.2, 0) is 5.60 Å². The van der Waals surface area contributed by atoms with Gasteiger partial charge in [-0.1, -0.05) is 24.3 Å². The molecule has 0 spiro atoms. The first-order valence-electron chi connectivity index (χ1n) is 8.47. The van der Waals surface area contributed by atoms with Gasteiger partial charge < -0.3 is 5.11 Å². The van der Waals surface area contributed by atoms with Gasteiger partial charge in [0.05, 0.1) is 5.60 Å². The fraction of sp³-hybridized carbons (Fsp3) is 0.450. The molecule has 1 N–H and O–H groups in total. The smallest absolute Gasteiger partial charge is 0.0855 e. The van der Waals surface area contributed by atoms with Crippen molar-refractivity contribution in [1.82, 2.24) is 9.88 Å². The van der Waals surface area contributed by atoms with Gasteiger partial charge in [0.15, 0.2) is 0 Å². The Morgan fingerprint density at radius 1 is 1.04 bits per heavy atom. The fourth-order valence-corrected chi connectivity index (χ4v) is 3.23. The quantitative estimate of drug-likeness (QED) is 0.922. The molecule has 3 nitrogen and oxygen atoms in total. The van der Waals surface area contributed by atoms with E-state index in [2.05, 4.69) is 41.1 Å². The molecule has 1 fully saturated rings. The first kappa shape index (κ1) is 16.2. The predicted octanol–water partition coefficient (Wildman–Crippen LogP) is 4.13. The molecule has 1 aromatic carbocycles. The van der Waals surface area contributed by atoms with E-state index in [1.807, 2.05) is 12.3 Å². The van der Waals surface area contributed by atoms with Gasteiger partial charge >= 0.3 is 0 Å². The van der Waals surface area contributed by atoms with Crippen LogP contribution in [0.3, 0.4) is 0 Å². The van der Waals surface area contributed by atoms with E-state index in [1.165, 1.54) is 31.5 Å². The number of nitrogens with zero attached hydrogens (tertiary/aromatic N) is 2. The Hall–Kier alpha value is -1.71. The van der Waals surface area contributed by atoms with Crippen molar-refractivity contribution < 1.29 is 5.11 Å². The lowest BCUT2D eigenvalue weighted by molar-refractivity contribution is 0.0783. The highest BCUT2D eigenvalue weighted by molar-refractivity contribution is 5.63. The van der Waals surface area contributed by atoms with E-state index in [0.29, 0.717) is 6.04 Å². The molecule has 2 aromatic rings. The summed E-state index contributed by atoms with van der Waals surface area (Å²) in [6.07, 6.45) is 6.22. The van der Waals surface area contributed by atoms with E-state index in [1.54, 1.807) is 20.0 Å². The summed E-state index contributed by atoms with van der Waals surface area (Å²) in [6.45, 7) is 8.28. The summed E-state index contributed by atoms with van der Waals surface area (Å²) in [7, 11) is 0. The second-order valence-electron chi connectivity index (χ2n) is 7.06. The van der Waals surface area contributed by atoms with E-state index in [9.17, 15) is 5.11 Å². The Labute approximate surface area is 139 Å². The molecule has 0 amide bonds. The number of hydrogen-bond acceptors (Lipinski definition) is 3. The molecule has 0 bridgehead atoms. The molecular weight excluding hydrogens is 284 g/mol. The predicted molar refractivity (Wildman–Crippen MR) is 94.1 cm³/mol. The maximum absolute atomic E-state index is 10.2. The van der Waals surface area contributed by atoms with Crippen molar-refractivity contribution >= 4 is 0 Å². The van der Waals surface area contributed by atoms with Gasteiger partial charge in [0, 0.05) is 29.6 Å². The van der Waals surface area contributed by atoms with Crippen molar-refractivity contribution in [2.45, 2.75) is 45.3 Å². The Morgan fingerprint density at radius 3 is 2.30 bits per heavy atom. The minimum Gasteiger partial charge on any atom is -0.386 e. The number of likely N-dealkylation sites (tertiary alicyclic amines) is 1. The Morgan fingerprint density at radius 2 is 1.70 bits per heavy atom. The molecule has 122 valence electrons. The summed E-state index contributed by atoms with van der Waals surface area (Å²) in [5.74, 6) is 0. The van der Waals surface area contributed by atoms with Crippen molar-refractivity contribution in [3.05, 3.63) is 53.9 Å². The zero-order valence-electron chi connectivity index (χ0n) is 14.3. The zero-order chi connectivity index (χ0) is 16.4. The lowest BCUT2D eigenvalue weighted by Gasteiger charge is -2.24. The summed E-state index contributed by atoms with van der Waals surface area (Å²) in [5.41, 5.74) is 3.52. The van der Waals surface area contributed by atoms with Gasteiger partial charge in [-0.25, -0.2) is 0 Å². The topological polar surface area (TPSA) is 36.4 Å². The summed E-state index contributed by atoms with van der Waals surface area (Å²) >= 11 is 0. The normalized spacial score (nSPS) is 17.4. The van der Waals surface area contributed by atoms with Crippen LogP contribution < -0.4 is 0 Å². The third-order valence-electron chi connectivity index (χ3n) is 4.86. The van der Waals surface area contributed by atoms with Gasteiger partial charge in [0.2, 0.25) is 0 Å². The van der Waals surface area contributed by atoms with Crippen molar-refractivity contribution in [2.75, 3.05) is 13.1 Å². The van der Waals surface area contributed by atoms with Crippen molar-refractivity contribution in [1.29, 1.82) is 0 Å². The van der Waals surface area contributed by atoms with Gasteiger partial charge in [0.1, 0.15) is 0 Å². The Kier molecular flexibility index (Phi) is 4.51. The van der Waals surface area contributed by atoms with Crippen LogP contribution in [-0.4, -0.2) is 28.1 Å². The van der Waals surface area contributed by atoms with E-state index >= 15 is 0 Å². The molecule has 1 atom stereocenters. The zero-order valence-corrected chi connectivity index (χ0v) is 14.3. The number of aromatic nitrogens is 1. The number of benzene rings is 1. The van der Waals surface area contributed by atoms with E-state index < -0.39 is 5.60 Å². The molecular formula is C20H26N2O. The maximum Gasteiger partial charge on any atom is 0.0855 e. The molecule has 1 saturated heterocycles. The second-order valence-corrected chi connectivity index (χ2v) is 7.06. The molecule has 1 aliphatic heterocycles. The highest BCUT2D eigenvalue weighted by atomic mass is 16.3. The number of aliphatic hydroxyl groups is 1. The highest BCUT2D eigenvalue weighted by Crippen LogP contribution is 2.28. The molecule has 0 radical (unpaired) electrons. The third-order valence-corrected chi connectivity index (χ3v) is 4.86. The van der Waals surface area contributed by atoms with Crippen LogP contribution in [0.2, 0.25) is 0 Å². The van der Waals surface area contributed by atoms with Crippen LogP contribution in [0.1, 0.15) is 50.8 Å². The standard InChI is InChI=1S/C20H26N2O/c1-15(22-10-4-5-11-22)16-6-8-17(9-7-16)18-12-19(14-21-13-18)20(2,3)23/h6-9,12-15,23H,4-5,10-11H2,1-3H3/t15-/m1/s1. The molecule has 0 unspecified atom stereocenters.